The molecule has 2 N–H and O–H groups in total. The molecule has 1 saturated heterocycles. The second-order valence-electron chi connectivity index (χ2n) is 10.8. The van der Waals surface area contributed by atoms with E-state index in [0.29, 0.717) is 34.4 Å². The van der Waals surface area contributed by atoms with Crippen LogP contribution in [-0.4, -0.2) is 67.1 Å². The molecule has 0 radical (unpaired) electrons. The minimum Gasteiger partial charge on any atom is -0.372 e. The Balaban J connectivity index is 1.60. The number of aromatic nitrogens is 3. The average Bonchev–Trinajstić information content (AvgIpc) is 2.94. The minimum absolute atomic E-state index is 0.0259. The van der Waals surface area contributed by atoms with Gasteiger partial charge in [-0.15, -0.1) is 0 Å². The predicted molar refractivity (Wildman–Crippen MR) is 160 cm³/mol. The van der Waals surface area contributed by atoms with Crippen molar-refractivity contribution in [1.29, 1.82) is 0 Å². The van der Waals surface area contributed by atoms with Crippen molar-refractivity contribution in [3.63, 3.8) is 0 Å². The first-order chi connectivity index (χ1) is 20.0. The molecule has 1 unspecified atom stereocenters. The minimum atomic E-state index is -3.78. The smallest absolute Gasteiger partial charge is 0.249 e. The van der Waals surface area contributed by atoms with Gasteiger partial charge in [-0.3, -0.25) is 9.78 Å². The fraction of sp³-hybridized carbons (Fsp3) is 0.323. The summed E-state index contributed by atoms with van der Waals surface area (Å²) in [4.78, 5) is 40.8. The van der Waals surface area contributed by atoms with Crippen LogP contribution in [0.2, 0.25) is 0 Å². The lowest BCUT2D eigenvalue weighted by molar-refractivity contribution is -0.108. The number of aryl methyl sites for hydroxylation is 1. The molecule has 1 aliphatic rings. The third-order valence-corrected chi connectivity index (χ3v) is 8.69. The van der Waals surface area contributed by atoms with Crippen molar-refractivity contribution < 1.29 is 22.7 Å². The summed E-state index contributed by atoms with van der Waals surface area (Å²) in [5.74, 6) is -0.789. The molecule has 1 fully saturated rings. The summed E-state index contributed by atoms with van der Waals surface area (Å²) in [5, 5.41) is 0.752. The Morgan fingerprint density at radius 2 is 1.81 bits per heavy atom. The number of carbonyl (C=O) groups excluding carboxylic acids is 2. The molecule has 3 atom stereocenters. The van der Waals surface area contributed by atoms with Gasteiger partial charge in [0.1, 0.15) is 12.1 Å². The summed E-state index contributed by atoms with van der Waals surface area (Å²) >= 11 is 0. The molecule has 0 spiro atoms. The van der Waals surface area contributed by atoms with Crippen LogP contribution in [0.4, 0.5) is 5.82 Å². The van der Waals surface area contributed by atoms with Crippen LogP contribution in [0.25, 0.3) is 22.3 Å². The fourth-order valence-electron chi connectivity index (χ4n) is 5.72. The Kier molecular flexibility index (Phi) is 8.07. The molecule has 1 aliphatic heterocycles. The van der Waals surface area contributed by atoms with Crippen LogP contribution in [0.1, 0.15) is 53.4 Å². The number of hydrogen-bond acceptors (Lipinski definition) is 9. The lowest BCUT2D eigenvalue weighted by Gasteiger charge is -2.36. The molecule has 0 saturated carbocycles. The van der Waals surface area contributed by atoms with Gasteiger partial charge >= 0.3 is 0 Å². The topological polar surface area (TPSA) is 145 Å². The maximum atomic E-state index is 12.9. The summed E-state index contributed by atoms with van der Waals surface area (Å²) in [7, 11) is -3.78. The monoisotopic (exact) mass is 587 g/mol. The van der Waals surface area contributed by atoms with E-state index < -0.39 is 21.7 Å². The average molecular weight is 588 g/mol. The van der Waals surface area contributed by atoms with Crippen molar-refractivity contribution in [2.45, 2.75) is 50.2 Å². The van der Waals surface area contributed by atoms with Crippen LogP contribution in [0.5, 0.6) is 0 Å². The maximum Gasteiger partial charge on any atom is 0.249 e. The first-order valence-electron chi connectivity index (χ1n) is 13.7. The van der Waals surface area contributed by atoms with Crippen molar-refractivity contribution in [2.24, 2.45) is 5.73 Å². The number of rotatable bonds is 8. The standard InChI is InChI=1S/C31H33N5O5S/c1-18-8-10-23(31(32)38)29(30(18)42(4,39)40)22(12-13-37)27-14-26-21(15-33-27)9-11-25(34-26)24-6-5-7-28(35-24)36-16-19(2)41-20(3)17-36/h5-11,13-15,19-20,22H,12,16-17H2,1-4H3,(H2,32,38)/t19-,20+,22?. The molecular formula is C31H33N5O5S. The quantitative estimate of drug-likeness (QED) is 0.304. The molecule has 5 rings (SSSR count). The van der Waals surface area contributed by atoms with E-state index in [1.807, 2.05) is 44.2 Å². The number of primary amides is 1. The summed E-state index contributed by atoms with van der Waals surface area (Å²) < 4.78 is 31.6. The molecule has 4 aromatic rings. The Labute approximate surface area is 244 Å². The van der Waals surface area contributed by atoms with Crippen LogP contribution in [0, 0.1) is 6.92 Å². The lowest BCUT2D eigenvalue weighted by Crippen LogP contribution is -2.45. The van der Waals surface area contributed by atoms with Gasteiger partial charge in [-0.25, -0.2) is 18.4 Å². The first kappa shape index (κ1) is 29.3. The van der Waals surface area contributed by atoms with Crippen LogP contribution in [0.15, 0.2) is 59.6 Å². The number of morpholine rings is 1. The van der Waals surface area contributed by atoms with Gasteiger partial charge in [-0.1, -0.05) is 12.1 Å². The summed E-state index contributed by atoms with van der Waals surface area (Å²) in [6, 6.07) is 14.3. The number of carbonyl (C=O) groups is 2. The number of amides is 1. The third-order valence-electron chi connectivity index (χ3n) is 7.40. The van der Waals surface area contributed by atoms with Gasteiger partial charge in [-0.2, -0.15) is 0 Å². The van der Waals surface area contributed by atoms with Gasteiger partial charge in [0.05, 0.1) is 39.7 Å². The Bertz CT molecular complexity index is 1780. The molecule has 0 bridgehead atoms. The van der Waals surface area contributed by atoms with E-state index in [2.05, 4.69) is 9.88 Å². The molecule has 218 valence electrons. The highest BCUT2D eigenvalue weighted by atomic mass is 32.2. The molecule has 42 heavy (non-hydrogen) atoms. The van der Waals surface area contributed by atoms with Gasteiger partial charge in [-0.05, 0) is 68.3 Å². The van der Waals surface area contributed by atoms with Crippen molar-refractivity contribution in [1.82, 2.24) is 15.0 Å². The van der Waals surface area contributed by atoms with E-state index in [1.165, 1.54) is 6.07 Å². The van der Waals surface area contributed by atoms with Gasteiger partial charge in [0.25, 0.3) is 0 Å². The molecule has 10 nitrogen and oxygen atoms in total. The molecule has 1 aromatic carbocycles. The van der Waals surface area contributed by atoms with Gasteiger partial charge in [0.15, 0.2) is 9.84 Å². The predicted octanol–water partition coefficient (Wildman–Crippen LogP) is 3.84. The highest BCUT2D eigenvalue weighted by Crippen LogP contribution is 2.37. The van der Waals surface area contributed by atoms with Gasteiger partial charge in [0, 0.05) is 48.8 Å². The van der Waals surface area contributed by atoms with E-state index in [9.17, 15) is 18.0 Å². The first-order valence-corrected chi connectivity index (χ1v) is 15.6. The molecule has 1 amide bonds. The van der Waals surface area contributed by atoms with Gasteiger partial charge < -0.3 is 20.2 Å². The highest BCUT2D eigenvalue weighted by Gasteiger charge is 2.30. The van der Waals surface area contributed by atoms with E-state index in [-0.39, 0.29) is 34.7 Å². The SMILES string of the molecule is Cc1ccc(C(N)=O)c(C(CC=O)c2cc3nc(-c4cccc(N5C[C@@H](C)O[C@@H](C)C5)n4)ccc3cn2)c1S(C)(=O)=O. The lowest BCUT2D eigenvalue weighted by atomic mass is 9.87. The summed E-state index contributed by atoms with van der Waals surface area (Å²) in [5.41, 5.74) is 8.65. The van der Waals surface area contributed by atoms with E-state index in [1.54, 1.807) is 25.3 Å². The zero-order chi connectivity index (χ0) is 30.2. The van der Waals surface area contributed by atoms with Crippen molar-refractivity contribution in [2.75, 3.05) is 24.2 Å². The van der Waals surface area contributed by atoms with E-state index >= 15 is 0 Å². The van der Waals surface area contributed by atoms with Crippen molar-refractivity contribution >= 4 is 38.8 Å². The number of fused-ring (bicyclic) bond motifs is 1. The van der Waals surface area contributed by atoms with E-state index in [0.717, 1.165) is 30.5 Å². The zero-order valence-electron chi connectivity index (χ0n) is 23.9. The number of benzene rings is 1. The number of nitrogens with two attached hydrogens (primary N) is 1. The normalized spacial score (nSPS) is 18.1. The van der Waals surface area contributed by atoms with Gasteiger partial charge in [0.2, 0.25) is 5.91 Å². The van der Waals surface area contributed by atoms with Crippen LogP contribution >= 0.6 is 0 Å². The maximum absolute atomic E-state index is 12.9. The second-order valence-corrected chi connectivity index (χ2v) is 12.8. The Morgan fingerprint density at radius 1 is 1.10 bits per heavy atom. The number of ether oxygens (including phenoxy) is 1. The number of sulfone groups is 1. The number of aldehydes is 1. The summed E-state index contributed by atoms with van der Waals surface area (Å²) in [6.45, 7) is 7.21. The van der Waals surface area contributed by atoms with E-state index in [4.69, 9.17) is 20.4 Å². The Hall–Kier alpha value is -4.22. The number of hydrogen-bond donors (Lipinski definition) is 1. The molecular weight excluding hydrogens is 554 g/mol. The summed E-state index contributed by atoms with van der Waals surface area (Å²) in [6.07, 6.45) is 3.46. The second kappa shape index (κ2) is 11.6. The number of anilines is 1. The largest absolute Gasteiger partial charge is 0.372 e. The van der Waals surface area contributed by atoms with Crippen LogP contribution < -0.4 is 10.6 Å². The third kappa shape index (κ3) is 5.88. The highest BCUT2D eigenvalue weighted by molar-refractivity contribution is 7.90. The zero-order valence-corrected chi connectivity index (χ0v) is 24.8. The molecule has 0 aliphatic carbocycles. The fourth-order valence-corrected chi connectivity index (χ4v) is 7.02. The number of pyridine rings is 3. The molecule has 11 heteroatoms. The van der Waals surface area contributed by atoms with Crippen LogP contribution in [0.3, 0.4) is 0 Å². The van der Waals surface area contributed by atoms with Crippen molar-refractivity contribution in [3.05, 3.63) is 77.1 Å². The molecule has 4 heterocycles. The van der Waals surface area contributed by atoms with Crippen LogP contribution in [-0.2, 0) is 19.4 Å². The number of nitrogens with zero attached hydrogens (tertiary/aromatic N) is 4. The molecule has 3 aromatic heterocycles. The van der Waals surface area contributed by atoms with Crippen molar-refractivity contribution in [3.8, 4) is 11.4 Å². The Morgan fingerprint density at radius 3 is 2.48 bits per heavy atom.